The van der Waals surface area contributed by atoms with Crippen LogP contribution in [-0.4, -0.2) is 17.0 Å². The van der Waals surface area contributed by atoms with E-state index in [0.29, 0.717) is 23.1 Å². The number of hydrogen-bond acceptors (Lipinski definition) is 3. The highest BCUT2D eigenvalue weighted by Gasteiger charge is 2.54. The molecule has 4 N–H and O–H groups in total. The maximum atomic E-state index is 12.4. The smallest absolute Gasteiger partial charge is 0.228 e. The Morgan fingerprint density at radius 3 is 2.62 bits per heavy atom. The number of anilines is 1. The van der Waals surface area contributed by atoms with Gasteiger partial charge in [-0.2, -0.15) is 0 Å². The van der Waals surface area contributed by atoms with Crippen molar-refractivity contribution in [1.29, 1.82) is 0 Å². The highest BCUT2D eigenvalue weighted by Crippen LogP contribution is 2.55. The lowest BCUT2D eigenvalue weighted by atomic mass is 10.0. The molecule has 6 heteroatoms. The van der Waals surface area contributed by atoms with Gasteiger partial charge in [0.2, 0.25) is 5.91 Å². The Morgan fingerprint density at radius 1 is 1.33 bits per heavy atom. The fourth-order valence-corrected chi connectivity index (χ4v) is 3.85. The number of nitrogens with one attached hydrogen (secondary N) is 1. The van der Waals surface area contributed by atoms with Gasteiger partial charge in [-0.15, -0.1) is 0 Å². The summed E-state index contributed by atoms with van der Waals surface area (Å²) in [7, 11) is 0. The largest absolute Gasteiger partial charge is 0.409 e. The second-order valence-corrected chi connectivity index (χ2v) is 6.72. The number of oxime groups is 1. The minimum absolute atomic E-state index is 0.0141. The lowest BCUT2D eigenvalue weighted by molar-refractivity contribution is -0.117. The van der Waals surface area contributed by atoms with Crippen molar-refractivity contribution in [1.82, 2.24) is 0 Å². The summed E-state index contributed by atoms with van der Waals surface area (Å²) in [6.07, 6.45) is 4.80. The van der Waals surface area contributed by atoms with Crippen molar-refractivity contribution < 1.29 is 10.0 Å². The molecule has 21 heavy (non-hydrogen) atoms. The first-order valence-corrected chi connectivity index (χ1v) is 7.99. The third kappa shape index (κ3) is 2.77. The summed E-state index contributed by atoms with van der Waals surface area (Å²) >= 11 is 3.35. The molecule has 0 spiro atoms. The molecule has 2 aliphatic rings. The number of benzene rings is 1. The number of fused-ring (bicyclic) bond motifs is 1. The fourth-order valence-electron chi connectivity index (χ4n) is 3.49. The molecule has 2 atom stereocenters. The maximum absolute atomic E-state index is 12.4. The first-order chi connectivity index (χ1) is 10.1. The second-order valence-electron chi connectivity index (χ2n) is 5.80. The summed E-state index contributed by atoms with van der Waals surface area (Å²) in [6.45, 7) is 0. The van der Waals surface area contributed by atoms with Crippen LogP contribution >= 0.6 is 15.9 Å². The summed E-state index contributed by atoms with van der Waals surface area (Å²) in [5, 5.41) is 14.8. The lowest BCUT2D eigenvalue weighted by Crippen LogP contribution is -2.21. The Labute approximate surface area is 131 Å². The Kier molecular flexibility index (Phi) is 3.89. The van der Waals surface area contributed by atoms with E-state index >= 15 is 0 Å². The molecule has 0 aromatic heterocycles. The van der Waals surface area contributed by atoms with E-state index in [1.165, 1.54) is 12.8 Å². The van der Waals surface area contributed by atoms with E-state index in [2.05, 4.69) is 26.4 Å². The molecule has 2 aliphatic carbocycles. The van der Waals surface area contributed by atoms with Gasteiger partial charge < -0.3 is 16.3 Å². The van der Waals surface area contributed by atoms with E-state index in [-0.39, 0.29) is 17.7 Å². The van der Waals surface area contributed by atoms with E-state index in [1.807, 2.05) is 6.07 Å². The summed E-state index contributed by atoms with van der Waals surface area (Å²) in [4.78, 5) is 12.4. The third-order valence-corrected chi connectivity index (χ3v) is 5.08. The van der Waals surface area contributed by atoms with Gasteiger partial charge in [0.15, 0.2) is 5.84 Å². The van der Waals surface area contributed by atoms with Crippen LogP contribution in [0.25, 0.3) is 0 Å². The standard InChI is InChI=1S/C15H18BrN3O2/c16-8-5-6-12(11(7-8)14(17)19-21)18-15(20)13-9-3-1-2-4-10(9)13/h5-7,9-10,13,21H,1-4H2,(H2,17,19)(H,18,20). The summed E-state index contributed by atoms with van der Waals surface area (Å²) in [6, 6.07) is 5.32. The van der Waals surface area contributed by atoms with Gasteiger partial charge >= 0.3 is 0 Å². The predicted octanol–water partition coefficient (Wildman–Crippen LogP) is 2.92. The number of amidine groups is 1. The van der Waals surface area contributed by atoms with Crippen LogP contribution in [0.15, 0.2) is 27.8 Å². The van der Waals surface area contributed by atoms with Gasteiger partial charge in [0.1, 0.15) is 0 Å². The molecular weight excluding hydrogens is 334 g/mol. The number of carbonyl (C=O) groups excluding carboxylic acids is 1. The van der Waals surface area contributed by atoms with Gasteiger partial charge in [-0.1, -0.05) is 33.9 Å². The molecule has 0 bridgehead atoms. The number of nitrogens with zero attached hydrogens (tertiary/aromatic N) is 1. The molecule has 1 amide bonds. The van der Waals surface area contributed by atoms with Crippen LogP contribution in [0.1, 0.15) is 31.2 Å². The number of carbonyl (C=O) groups is 1. The Morgan fingerprint density at radius 2 is 2.00 bits per heavy atom. The van der Waals surface area contributed by atoms with Crippen molar-refractivity contribution in [3.05, 3.63) is 28.2 Å². The average molecular weight is 352 g/mol. The van der Waals surface area contributed by atoms with Crippen molar-refractivity contribution in [2.75, 3.05) is 5.32 Å². The highest BCUT2D eigenvalue weighted by molar-refractivity contribution is 9.10. The van der Waals surface area contributed by atoms with E-state index in [0.717, 1.165) is 17.3 Å². The zero-order valence-electron chi connectivity index (χ0n) is 11.6. The van der Waals surface area contributed by atoms with Gasteiger partial charge in [-0.25, -0.2) is 0 Å². The fraction of sp³-hybridized carbons (Fsp3) is 0.467. The SMILES string of the molecule is N/C(=N/O)c1cc(Br)ccc1NC(=O)C1C2CCCCC21. The van der Waals surface area contributed by atoms with Gasteiger partial charge in [-0.3, -0.25) is 4.79 Å². The van der Waals surface area contributed by atoms with E-state index in [9.17, 15) is 4.79 Å². The minimum atomic E-state index is -0.0141. The molecule has 2 fully saturated rings. The third-order valence-electron chi connectivity index (χ3n) is 4.58. The number of nitrogens with two attached hydrogens (primary N) is 1. The zero-order valence-corrected chi connectivity index (χ0v) is 13.1. The molecule has 0 saturated heterocycles. The van der Waals surface area contributed by atoms with Crippen molar-refractivity contribution in [3.8, 4) is 0 Å². The van der Waals surface area contributed by atoms with Crippen molar-refractivity contribution >= 4 is 33.4 Å². The van der Waals surface area contributed by atoms with E-state index < -0.39 is 0 Å². The first kappa shape index (κ1) is 14.4. The monoisotopic (exact) mass is 351 g/mol. The van der Waals surface area contributed by atoms with Crippen LogP contribution < -0.4 is 11.1 Å². The molecule has 1 aromatic carbocycles. The van der Waals surface area contributed by atoms with E-state index in [4.69, 9.17) is 10.9 Å². The number of halogens is 1. The molecule has 2 saturated carbocycles. The average Bonchev–Trinajstić information content (AvgIpc) is 3.22. The van der Waals surface area contributed by atoms with Crippen LogP contribution in [-0.2, 0) is 4.79 Å². The normalized spacial score (nSPS) is 27.9. The quantitative estimate of drug-likeness (QED) is 0.338. The molecule has 0 aliphatic heterocycles. The highest BCUT2D eigenvalue weighted by atomic mass is 79.9. The van der Waals surface area contributed by atoms with Crippen molar-refractivity contribution in [2.45, 2.75) is 25.7 Å². The Bertz CT molecular complexity index is 591. The van der Waals surface area contributed by atoms with Gasteiger partial charge in [0.05, 0.1) is 5.69 Å². The first-order valence-electron chi connectivity index (χ1n) is 7.20. The molecule has 1 aromatic rings. The molecule has 0 heterocycles. The van der Waals surface area contributed by atoms with Gasteiger partial charge in [0.25, 0.3) is 0 Å². The molecule has 5 nitrogen and oxygen atoms in total. The topological polar surface area (TPSA) is 87.7 Å². The molecular formula is C15H18BrN3O2. The van der Waals surface area contributed by atoms with Crippen LogP contribution in [0.4, 0.5) is 5.69 Å². The molecule has 0 radical (unpaired) electrons. The van der Waals surface area contributed by atoms with Crippen LogP contribution in [0.2, 0.25) is 0 Å². The summed E-state index contributed by atoms with van der Waals surface area (Å²) in [5.41, 5.74) is 6.78. The van der Waals surface area contributed by atoms with Crippen molar-refractivity contribution in [2.24, 2.45) is 28.6 Å². The van der Waals surface area contributed by atoms with Crippen LogP contribution in [0.5, 0.6) is 0 Å². The lowest BCUT2D eigenvalue weighted by Gasteiger charge is -2.10. The maximum Gasteiger partial charge on any atom is 0.228 e. The summed E-state index contributed by atoms with van der Waals surface area (Å²) < 4.78 is 0.808. The van der Waals surface area contributed by atoms with Crippen molar-refractivity contribution in [3.63, 3.8) is 0 Å². The van der Waals surface area contributed by atoms with Gasteiger partial charge in [-0.05, 0) is 42.9 Å². The molecule has 2 unspecified atom stereocenters. The Balaban J connectivity index is 1.77. The Hall–Kier alpha value is -1.56. The number of hydrogen-bond donors (Lipinski definition) is 3. The minimum Gasteiger partial charge on any atom is -0.409 e. The van der Waals surface area contributed by atoms with E-state index in [1.54, 1.807) is 12.1 Å². The number of amides is 1. The number of rotatable bonds is 3. The molecule has 3 rings (SSSR count). The zero-order chi connectivity index (χ0) is 15.0. The molecule has 112 valence electrons. The van der Waals surface area contributed by atoms with Crippen LogP contribution in [0, 0.1) is 17.8 Å². The predicted molar refractivity (Wildman–Crippen MR) is 84.2 cm³/mol. The summed E-state index contributed by atoms with van der Waals surface area (Å²) in [5.74, 6) is 1.29. The second kappa shape index (κ2) is 5.67. The van der Waals surface area contributed by atoms with Gasteiger partial charge in [0, 0.05) is 16.0 Å². The van der Waals surface area contributed by atoms with Crippen LogP contribution in [0.3, 0.4) is 0 Å².